The fourth-order valence-corrected chi connectivity index (χ4v) is 2.26. The second kappa shape index (κ2) is 7.20. The van der Waals surface area contributed by atoms with Gasteiger partial charge in [0.15, 0.2) is 0 Å². The van der Waals surface area contributed by atoms with Gasteiger partial charge in [0.25, 0.3) is 0 Å². The summed E-state index contributed by atoms with van der Waals surface area (Å²) in [6, 6.07) is 3.36. The first-order chi connectivity index (χ1) is 9.67. The van der Waals surface area contributed by atoms with Crippen molar-refractivity contribution in [3.05, 3.63) is 29.6 Å². The van der Waals surface area contributed by atoms with Crippen molar-refractivity contribution in [1.82, 2.24) is 10.3 Å². The molecule has 0 saturated carbocycles. The molecular weight excluding hydrogens is 268 g/mol. The lowest BCUT2D eigenvalue weighted by Gasteiger charge is -2.25. The van der Waals surface area contributed by atoms with E-state index in [2.05, 4.69) is 10.3 Å². The molecule has 0 aliphatic carbocycles. The molecule has 1 rings (SSSR count). The maximum absolute atomic E-state index is 12.1. The fourth-order valence-electron chi connectivity index (χ4n) is 2.26. The minimum absolute atomic E-state index is 0.0473. The molecule has 1 heterocycles. The van der Waals surface area contributed by atoms with Gasteiger partial charge in [-0.1, -0.05) is 26.8 Å². The molecule has 1 unspecified atom stereocenters. The van der Waals surface area contributed by atoms with E-state index in [9.17, 15) is 9.59 Å². The van der Waals surface area contributed by atoms with Gasteiger partial charge in [-0.15, -0.1) is 0 Å². The van der Waals surface area contributed by atoms with Crippen LogP contribution in [0.15, 0.2) is 18.3 Å². The molecule has 0 radical (unpaired) electrons. The lowest BCUT2D eigenvalue weighted by atomic mass is 9.87. The number of rotatable bonds is 6. The number of carbonyl (C=O) groups is 2. The van der Waals surface area contributed by atoms with Gasteiger partial charge >= 0.3 is 5.97 Å². The Bertz CT molecular complexity index is 506. The van der Waals surface area contributed by atoms with Gasteiger partial charge in [0.2, 0.25) is 5.91 Å². The molecule has 0 aromatic carbocycles. The van der Waals surface area contributed by atoms with Crippen LogP contribution in [-0.4, -0.2) is 28.0 Å². The average molecular weight is 292 g/mol. The predicted molar refractivity (Wildman–Crippen MR) is 80.9 cm³/mol. The SMILES string of the molecule is Cc1cccnc1CC(=O)NC(CC(=O)O)CC(C)(C)C. The minimum atomic E-state index is -0.904. The molecule has 0 saturated heterocycles. The summed E-state index contributed by atoms with van der Waals surface area (Å²) < 4.78 is 0. The first-order valence-electron chi connectivity index (χ1n) is 7.09. The van der Waals surface area contributed by atoms with E-state index in [1.54, 1.807) is 6.20 Å². The van der Waals surface area contributed by atoms with Crippen molar-refractivity contribution >= 4 is 11.9 Å². The summed E-state index contributed by atoms with van der Waals surface area (Å²) >= 11 is 0. The lowest BCUT2D eigenvalue weighted by molar-refractivity contribution is -0.137. The Morgan fingerprint density at radius 2 is 2.05 bits per heavy atom. The van der Waals surface area contributed by atoms with Crippen LogP contribution < -0.4 is 5.32 Å². The quantitative estimate of drug-likeness (QED) is 0.843. The molecule has 0 fully saturated rings. The second-order valence-corrected chi connectivity index (χ2v) is 6.57. The highest BCUT2D eigenvalue weighted by Gasteiger charge is 2.23. The maximum atomic E-state index is 12.1. The van der Waals surface area contributed by atoms with E-state index in [0.717, 1.165) is 11.3 Å². The molecule has 0 aliphatic rings. The van der Waals surface area contributed by atoms with E-state index < -0.39 is 5.97 Å². The van der Waals surface area contributed by atoms with Crippen LogP contribution in [0.2, 0.25) is 0 Å². The van der Waals surface area contributed by atoms with E-state index in [1.807, 2.05) is 39.8 Å². The van der Waals surface area contributed by atoms with Gasteiger partial charge in [-0.2, -0.15) is 0 Å². The topological polar surface area (TPSA) is 79.3 Å². The van der Waals surface area contributed by atoms with Crippen molar-refractivity contribution in [1.29, 1.82) is 0 Å². The molecule has 2 N–H and O–H groups in total. The first-order valence-corrected chi connectivity index (χ1v) is 7.09. The number of carboxylic acid groups (broad SMARTS) is 1. The molecule has 1 aromatic rings. The second-order valence-electron chi connectivity index (χ2n) is 6.57. The smallest absolute Gasteiger partial charge is 0.305 e. The van der Waals surface area contributed by atoms with E-state index in [4.69, 9.17) is 5.11 Å². The third-order valence-electron chi connectivity index (χ3n) is 3.09. The van der Waals surface area contributed by atoms with Gasteiger partial charge < -0.3 is 10.4 Å². The van der Waals surface area contributed by atoms with Gasteiger partial charge in [-0.3, -0.25) is 14.6 Å². The Morgan fingerprint density at radius 1 is 1.38 bits per heavy atom. The zero-order valence-electron chi connectivity index (χ0n) is 13.1. The number of hydrogen-bond donors (Lipinski definition) is 2. The molecular formula is C16H24N2O3. The molecule has 1 amide bonds. The van der Waals surface area contributed by atoms with E-state index >= 15 is 0 Å². The standard InChI is InChI=1S/C16H24N2O3/c1-11-6-5-7-17-13(11)9-14(19)18-12(8-15(20)21)10-16(2,3)4/h5-7,12H,8-10H2,1-4H3,(H,18,19)(H,20,21). The van der Waals surface area contributed by atoms with Crippen molar-refractivity contribution in [2.75, 3.05) is 0 Å². The zero-order chi connectivity index (χ0) is 16.0. The summed E-state index contributed by atoms with van der Waals surface area (Å²) in [5, 5.41) is 11.8. The first kappa shape index (κ1) is 17.1. The number of nitrogens with one attached hydrogen (secondary N) is 1. The number of carboxylic acids is 1. The lowest BCUT2D eigenvalue weighted by Crippen LogP contribution is -2.40. The summed E-state index contributed by atoms with van der Waals surface area (Å²) in [6.07, 6.45) is 2.38. The van der Waals surface area contributed by atoms with E-state index in [0.29, 0.717) is 6.42 Å². The van der Waals surface area contributed by atoms with Crippen LogP contribution >= 0.6 is 0 Å². The van der Waals surface area contributed by atoms with Crippen molar-refractivity contribution in [2.45, 2.75) is 53.0 Å². The van der Waals surface area contributed by atoms with Gasteiger partial charge in [-0.25, -0.2) is 0 Å². The van der Waals surface area contributed by atoms with Crippen molar-refractivity contribution in [3.8, 4) is 0 Å². The summed E-state index contributed by atoms with van der Waals surface area (Å²) in [6.45, 7) is 7.98. The van der Waals surface area contributed by atoms with Crippen LogP contribution in [0.25, 0.3) is 0 Å². The van der Waals surface area contributed by atoms with E-state index in [1.165, 1.54) is 0 Å². The highest BCUT2D eigenvalue weighted by molar-refractivity contribution is 5.79. The highest BCUT2D eigenvalue weighted by atomic mass is 16.4. The van der Waals surface area contributed by atoms with Gasteiger partial charge in [0, 0.05) is 12.2 Å². The molecule has 1 aromatic heterocycles. The molecule has 1 atom stereocenters. The van der Waals surface area contributed by atoms with Crippen LogP contribution in [-0.2, 0) is 16.0 Å². The summed E-state index contributed by atoms with van der Waals surface area (Å²) in [5.41, 5.74) is 1.63. The Balaban J connectivity index is 2.67. The molecule has 0 bridgehead atoms. The third-order valence-corrected chi connectivity index (χ3v) is 3.09. The number of nitrogens with zero attached hydrogens (tertiary/aromatic N) is 1. The highest BCUT2D eigenvalue weighted by Crippen LogP contribution is 2.22. The number of aliphatic carboxylic acids is 1. The minimum Gasteiger partial charge on any atom is -0.481 e. The van der Waals surface area contributed by atoms with Crippen molar-refractivity contribution in [2.24, 2.45) is 5.41 Å². The molecule has 5 nitrogen and oxygen atoms in total. The number of pyridine rings is 1. The predicted octanol–water partition coefficient (Wildman–Crippen LogP) is 2.33. The number of amides is 1. The third kappa shape index (κ3) is 6.88. The Labute approximate surface area is 125 Å². The summed E-state index contributed by atoms with van der Waals surface area (Å²) in [5.74, 6) is -1.09. The average Bonchev–Trinajstić information content (AvgIpc) is 2.28. The van der Waals surface area contributed by atoms with Crippen LogP contribution in [0.3, 0.4) is 0 Å². The van der Waals surface area contributed by atoms with Crippen LogP contribution in [0.4, 0.5) is 0 Å². The van der Waals surface area contributed by atoms with Crippen LogP contribution in [0, 0.1) is 12.3 Å². The molecule has 0 aliphatic heterocycles. The summed E-state index contributed by atoms with van der Waals surface area (Å²) in [7, 11) is 0. The summed E-state index contributed by atoms with van der Waals surface area (Å²) in [4.78, 5) is 27.2. The Hall–Kier alpha value is -1.91. The van der Waals surface area contributed by atoms with Crippen molar-refractivity contribution < 1.29 is 14.7 Å². The number of hydrogen-bond acceptors (Lipinski definition) is 3. The number of aryl methyl sites for hydroxylation is 1. The van der Waals surface area contributed by atoms with Gasteiger partial charge in [0.1, 0.15) is 0 Å². The normalized spacial score (nSPS) is 12.8. The Kier molecular flexibility index (Phi) is 5.88. The molecule has 21 heavy (non-hydrogen) atoms. The van der Waals surface area contributed by atoms with Crippen LogP contribution in [0.1, 0.15) is 44.9 Å². The van der Waals surface area contributed by atoms with Crippen molar-refractivity contribution in [3.63, 3.8) is 0 Å². The molecule has 5 heteroatoms. The molecule has 116 valence electrons. The number of aromatic nitrogens is 1. The monoisotopic (exact) mass is 292 g/mol. The maximum Gasteiger partial charge on any atom is 0.305 e. The zero-order valence-corrected chi connectivity index (χ0v) is 13.1. The van der Waals surface area contributed by atoms with Gasteiger partial charge in [-0.05, 0) is 30.4 Å². The fraction of sp³-hybridized carbons (Fsp3) is 0.562. The number of carbonyl (C=O) groups excluding carboxylic acids is 1. The van der Waals surface area contributed by atoms with Crippen LogP contribution in [0.5, 0.6) is 0 Å². The van der Waals surface area contributed by atoms with Gasteiger partial charge in [0.05, 0.1) is 18.5 Å². The Morgan fingerprint density at radius 3 is 2.57 bits per heavy atom. The largest absolute Gasteiger partial charge is 0.481 e. The van der Waals surface area contributed by atoms with E-state index in [-0.39, 0.29) is 30.2 Å². The molecule has 0 spiro atoms.